The molecule has 0 saturated carbocycles. The summed E-state index contributed by atoms with van der Waals surface area (Å²) >= 11 is 0. The first-order valence-corrected chi connectivity index (χ1v) is 10.4. The van der Waals surface area contributed by atoms with Gasteiger partial charge in [-0.05, 0) is 44.7 Å². The topological polar surface area (TPSA) is 149 Å². The first-order valence-electron chi connectivity index (χ1n) is 10.4. The highest BCUT2D eigenvalue weighted by atomic mass is 16.6. The minimum Gasteiger partial charge on any atom is -0.476 e. The van der Waals surface area contributed by atoms with Gasteiger partial charge in [0, 0.05) is 18.1 Å². The maximum absolute atomic E-state index is 13.5. The van der Waals surface area contributed by atoms with Gasteiger partial charge in [-0.15, -0.1) is 0 Å². The number of aromatic nitrogens is 2. The third-order valence-corrected chi connectivity index (χ3v) is 5.98. The van der Waals surface area contributed by atoms with E-state index in [2.05, 4.69) is 15.5 Å². The molecule has 0 spiro atoms. The van der Waals surface area contributed by atoms with Crippen LogP contribution in [0.3, 0.4) is 0 Å². The Hall–Kier alpha value is -3.27. The lowest BCUT2D eigenvalue weighted by Crippen LogP contribution is -2.50. The van der Waals surface area contributed by atoms with Crippen molar-refractivity contribution in [2.45, 2.75) is 63.3 Å². The first kappa shape index (κ1) is 21.0. The van der Waals surface area contributed by atoms with Gasteiger partial charge in [0.1, 0.15) is 0 Å². The van der Waals surface area contributed by atoms with E-state index in [-0.39, 0.29) is 11.7 Å². The molecule has 1 aromatic heterocycles. The summed E-state index contributed by atoms with van der Waals surface area (Å²) in [6, 6.07) is 7.70. The Morgan fingerprint density at radius 1 is 1.29 bits per heavy atom. The molecule has 31 heavy (non-hydrogen) atoms. The van der Waals surface area contributed by atoms with E-state index in [0.29, 0.717) is 23.1 Å². The maximum Gasteiger partial charge on any atom is 0.360 e. The number of carboxylic acid groups (broad SMARTS) is 1. The number of amides is 1. The Labute approximate surface area is 178 Å². The molecule has 0 radical (unpaired) electrons. The molecule has 4 rings (SSSR count). The van der Waals surface area contributed by atoms with E-state index < -0.39 is 29.3 Å². The smallest absolute Gasteiger partial charge is 0.360 e. The lowest BCUT2D eigenvalue weighted by atomic mass is 9.84. The predicted octanol–water partition coefficient (Wildman–Crippen LogP) is 0.921. The summed E-state index contributed by atoms with van der Waals surface area (Å²) in [7, 11) is 0. The number of carbonyl (C=O) groups is 2. The number of piperidine rings is 2. The number of rotatable bonds is 6. The Bertz CT molecular complexity index is 1100. The van der Waals surface area contributed by atoms with Crippen LogP contribution < -0.4 is 16.6 Å². The van der Waals surface area contributed by atoms with Crippen molar-refractivity contribution in [2.75, 3.05) is 0 Å². The molecule has 0 aliphatic carbocycles. The fourth-order valence-corrected chi connectivity index (χ4v) is 4.48. The van der Waals surface area contributed by atoms with Gasteiger partial charge < -0.3 is 25.6 Å². The predicted molar refractivity (Wildman–Crippen MR) is 113 cm³/mol. The van der Waals surface area contributed by atoms with E-state index in [1.54, 1.807) is 16.7 Å². The number of carbonyl (C=O) groups excluding carboxylic acids is 1. The van der Waals surface area contributed by atoms with Crippen LogP contribution in [-0.4, -0.2) is 50.4 Å². The minimum absolute atomic E-state index is 0.0868. The molecule has 1 aromatic carbocycles. The zero-order chi connectivity index (χ0) is 22.1. The Morgan fingerprint density at radius 2 is 1.97 bits per heavy atom. The van der Waals surface area contributed by atoms with Crippen LogP contribution in [0.25, 0.3) is 11.0 Å². The largest absolute Gasteiger partial charge is 0.476 e. The van der Waals surface area contributed by atoms with Crippen molar-refractivity contribution in [2.24, 2.45) is 10.9 Å². The molecular formula is C21H25N5O5. The number of aliphatic carboxylic acids is 1. The molecule has 3 heterocycles. The molecule has 2 aromatic rings. The fraction of sp³-hybridized carbons (Fsp3) is 0.476. The van der Waals surface area contributed by atoms with E-state index in [1.807, 2.05) is 12.1 Å². The number of hydrogen-bond acceptors (Lipinski definition) is 7. The summed E-state index contributed by atoms with van der Waals surface area (Å²) in [5, 5.41) is 16.8. The van der Waals surface area contributed by atoms with Gasteiger partial charge in [0.15, 0.2) is 5.69 Å². The summed E-state index contributed by atoms with van der Waals surface area (Å²) in [6.45, 7) is 1.34. The van der Waals surface area contributed by atoms with Gasteiger partial charge >= 0.3 is 5.97 Å². The molecule has 3 atom stereocenters. The van der Waals surface area contributed by atoms with Crippen LogP contribution in [0.2, 0.25) is 0 Å². The third kappa shape index (κ3) is 4.15. The summed E-state index contributed by atoms with van der Waals surface area (Å²) in [4.78, 5) is 45.8. The van der Waals surface area contributed by atoms with Crippen LogP contribution in [0.4, 0.5) is 0 Å². The van der Waals surface area contributed by atoms with Crippen LogP contribution in [0, 0.1) is 0 Å². The number of carboxylic acids is 1. The highest BCUT2D eigenvalue weighted by Gasteiger charge is 2.34. The van der Waals surface area contributed by atoms with Crippen molar-refractivity contribution in [1.29, 1.82) is 0 Å². The van der Waals surface area contributed by atoms with Gasteiger partial charge in [0.25, 0.3) is 11.5 Å². The first-order chi connectivity index (χ1) is 14.8. The van der Waals surface area contributed by atoms with E-state index in [4.69, 9.17) is 10.6 Å². The number of para-hydroxylation sites is 2. The van der Waals surface area contributed by atoms with Crippen molar-refractivity contribution in [3.8, 4) is 0 Å². The normalized spacial score (nSPS) is 24.5. The molecule has 2 aliphatic rings. The Kier molecular flexibility index (Phi) is 5.73. The second-order valence-corrected chi connectivity index (χ2v) is 8.14. The molecule has 4 N–H and O–H groups in total. The fourth-order valence-electron chi connectivity index (χ4n) is 4.48. The SMILES string of the molecule is CC(O/N=C(\C(=O)O)c1nc2ccccc2n(C2CC3CCCC(C2)N3)c1=O)C(N)=O. The molecule has 2 saturated heterocycles. The summed E-state index contributed by atoms with van der Waals surface area (Å²) in [6.07, 6.45) is 3.67. The second kappa shape index (κ2) is 8.46. The van der Waals surface area contributed by atoms with E-state index in [0.717, 1.165) is 32.1 Å². The summed E-state index contributed by atoms with van der Waals surface area (Å²) < 4.78 is 1.65. The number of fused-ring (bicyclic) bond motifs is 3. The number of nitrogens with one attached hydrogen (secondary N) is 1. The number of benzene rings is 1. The highest BCUT2D eigenvalue weighted by Crippen LogP contribution is 2.33. The molecular weight excluding hydrogens is 402 g/mol. The lowest BCUT2D eigenvalue weighted by Gasteiger charge is -2.41. The lowest BCUT2D eigenvalue weighted by molar-refractivity contribution is -0.131. The molecule has 2 bridgehead atoms. The molecule has 2 fully saturated rings. The van der Waals surface area contributed by atoms with Crippen molar-refractivity contribution in [1.82, 2.24) is 14.9 Å². The molecule has 3 unspecified atom stereocenters. The van der Waals surface area contributed by atoms with Crippen LogP contribution >= 0.6 is 0 Å². The van der Waals surface area contributed by atoms with Crippen molar-refractivity contribution < 1.29 is 19.5 Å². The average molecular weight is 427 g/mol. The second-order valence-electron chi connectivity index (χ2n) is 8.14. The van der Waals surface area contributed by atoms with Crippen molar-refractivity contribution in [3.05, 3.63) is 40.3 Å². The van der Waals surface area contributed by atoms with Crippen LogP contribution in [0.5, 0.6) is 0 Å². The maximum atomic E-state index is 13.5. The zero-order valence-corrected chi connectivity index (χ0v) is 17.2. The number of primary amides is 1. The van der Waals surface area contributed by atoms with Gasteiger partial charge in [-0.25, -0.2) is 9.78 Å². The number of oxime groups is 1. The Morgan fingerprint density at radius 3 is 2.61 bits per heavy atom. The molecule has 1 amide bonds. The van der Waals surface area contributed by atoms with E-state index in [1.165, 1.54) is 6.92 Å². The van der Waals surface area contributed by atoms with Gasteiger partial charge in [-0.2, -0.15) is 0 Å². The summed E-state index contributed by atoms with van der Waals surface area (Å²) in [5.74, 6) is -2.29. The van der Waals surface area contributed by atoms with E-state index >= 15 is 0 Å². The van der Waals surface area contributed by atoms with Crippen molar-refractivity contribution in [3.63, 3.8) is 0 Å². The quantitative estimate of drug-likeness (QED) is 0.458. The van der Waals surface area contributed by atoms with Crippen LogP contribution in [0.15, 0.2) is 34.2 Å². The third-order valence-electron chi connectivity index (χ3n) is 5.98. The van der Waals surface area contributed by atoms with Crippen molar-refractivity contribution >= 4 is 28.6 Å². The molecule has 10 heteroatoms. The van der Waals surface area contributed by atoms with Gasteiger partial charge in [-0.3, -0.25) is 9.59 Å². The molecule has 10 nitrogen and oxygen atoms in total. The molecule has 164 valence electrons. The highest BCUT2D eigenvalue weighted by molar-refractivity contribution is 6.41. The van der Waals surface area contributed by atoms with Gasteiger partial charge in [-0.1, -0.05) is 23.7 Å². The number of nitrogens with zero attached hydrogens (tertiary/aromatic N) is 3. The van der Waals surface area contributed by atoms with Gasteiger partial charge in [0.05, 0.1) is 11.0 Å². The minimum atomic E-state index is -1.48. The number of hydrogen-bond donors (Lipinski definition) is 3. The van der Waals surface area contributed by atoms with E-state index in [9.17, 15) is 19.5 Å². The Balaban J connectivity index is 1.84. The monoisotopic (exact) mass is 427 g/mol. The summed E-state index contributed by atoms with van der Waals surface area (Å²) in [5.41, 5.74) is 4.74. The zero-order valence-electron chi connectivity index (χ0n) is 17.2. The molecule has 2 aliphatic heterocycles. The van der Waals surface area contributed by atoms with Gasteiger partial charge in [0.2, 0.25) is 11.8 Å². The van der Waals surface area contributed by atoms with Crippen LogP contribution in [0.1, 0.15) is 50.8 Å². The number of nitrogens with two attached hydrogens (primary N) is 1. The average Bonchev–Trinajstić information content (AvgIpc) is 2.73. The van der Waals surface area contributed by atoms with Crippen LogP contribution in [-0.2, 0) is 14.4 Å². The standard InChI is InChI=1S/C21H25N5O5/c1-11(19(22)27)31-25-18(21(29)30)17-20(28)26(16-8-3-2-7-15(16)24-17)14-9-12-5-4-6-13(10-14)23-12/h2-3,7-8,11-14,23H,4-6,9-10H2,1H3,(H2,22,27)(H,29,30)/b25-18-.